The highest BCUT2D eigenvalue weighted by atomic mass is 16.7. The van der Waals surface area contributed by atoms with E-state index >= 15 is 0 Å². The van der Waals surface area contributed by atoms with E-state index in [1.165, 1.54) is 0 Å². The maximum absolute atomic E-state index is 8.59. The van der Waals surface area contributed by atoms with Gasteiger partial charge in [0.1, 0.15) is 12.4 Å². The van der Waals surface area contributed by atoms with Gasteiger partial charge in [-0.3, -0.25) is 0 Å². The van der Waals surface area contributed by atoms with E-state index in [0.717, 1.165) is 0 Å². The summed E-state index contributed by atoms with van der Waals surface area (Å²) in [5.41, 5.74) is 0.609. The molecular formula is C11H13NO3. The molecule has 0 unspecified atom stereocenters. The molecule has 0 amide bonds. The van der Waals surface area contributed by atoms with Crippen molar-refractivity contribution >= 4 is 0 Å². The average molecular weight is 207 g/mol. The van der Waals surface area contributed by atoms with Crippen LogP contribution < -0.4 is 4.74 Å². The fraction of sp³-hybridized carbons (Fsp3) is 0.364. The quantitative estimate of drug-likeness (QED) is 0.687. The normalized spacial score (nSPS) is 10.0. The summed E-state index contributed by atoms with van der Waals surface area (Å²) in [6.45, 7) is 0.318. The molecule has 0 bridgehead atoms. The van der Waals surface area contributed by atoms with Crippen LogP contribution in [0.15, 0.2) is 24.3 Å². The molecule has 0 atom stereocenters. The van der Waals surface area contributed by atoms with Crippen LogP contribution in [0.4, 0.5) is 0 Å². The number of ether oxygens (including phenoxy) is 3. The van der Waals surface area contributed by atoms with E-state index in [-0.39, 0.29) is 6.29 Å². The lowest BCUT2D eigenvalue weighted by molar-refractivity contribution is -0.121. The SMILES string of the molecule is COC(COc1ccc(C#N)cc1)OC. The zero-order valence-corrected chi connectivity index (χ0v) is 8.77. The zero-order valence-electron chi connectivity index (χ0n) is 8.77. The van der Waals surface area contributed by atoms with Crippen LogP contribution in [0, 0.1) is 11.3 Å². The molecule has 0 spiro atoms. The lowest BCUT2D eigenvalue weighted by Gasteiger charge is -2.14. The number of nitriles is 1. The van der Waals surface area contributed by atoms with Gasteiger partial charge in [0.15, 0.2) is 6.29 Å². The van der Waals surface area contributed by atoms with E-state index in [4.69, 9.17) is 19.5 Å². The van der Waals surface area contributed by atoms with E-state index in [2.05, 4.69) is 0 Å². The molecule has 0 aliphatic heterocycles. The molecule has 0 radical (unpaired) electrons. The Bertz CT molecular complexity index is 325. The number of nitrogens with zero attached hydrogens (tertiary/aromatic N) is 1. The van der Waals surface area contributed by atoms with Crippen molar-refractivity contribution in [2.24, 2.45) is 0 Å². The summed E-state index contributed by atoms with van der Waals surface area (Å²) in [4.78, 5) is 0. The van der Waals surface area contributed by atoms with Crippen molar-refractivity contribution in [3.8, 4) is 11.8 Å². The first-order valence-corrected chi connectivity index (χ1v) is 4.48. The largest absolute Gasteiger partial charge is 0.488 e. The van der Waals surface area contributed by atoms with Crippen molar-refractivity contribution in [1.29, 1.82) is 5.26 Å². The molecule has 0 saturated carbocycles. The molecule has 15 heavy (non-hydrogen) atoms. The number of hydrogen-bond donors (Lipinski definition) is 0. The Morgan fingerprint density at radius 2 is 1.80 bits per heavy atom. The van der Waals surface area contributed by atoms with Gasteiger partial charge in [-0.05, 0) is 24.3 Å². The molecule has 0 N–H and O–H groups in total. The van der Waals surface area contributed by atoms with Crippen LogP contribution in [0.25, 0.3) is 0 Å². The molecule has 1 aromatic carbocycles. The molecule has 1 rings (SSSR count). The topological polar surface area (TPSA) is 51.5 Å². The van der Waals surface area contributed by atoms with E-state index in [1.54, 1.807) is 38.5 Å². The molecule has 0 aliphatic rings. The highest BCUT2D eigenvalue weighted by Crippen LogP contribution is 2.12. The number of rotatable bonds is 5. The third kappa shape index (κ3) is 3.58. The van der Waals surface area contributed by atoms with Crippen LogP contribution in [-0.4, -0.2) is 27.1 Å². The van der Waals surface area contributed by atoms with E-state index in [1.807, 2.05) is 6.07 Å². The molecule has 0 aliphatic carbocycles. The Labute approximate surface area is 89.0 Å². The van der Waals surface area contributed by atoms with Crippen LogP contribution in [0.1, 0.15) is 5.56 Å². The molecule has 0 fully saturated rings. The van der Waals surface area contributed by atoms with Gasteiger partial charge in [-0.1, -0.05) is 0 Å². The van der Waals surface area contributed by atoms with Gasteiger partial charge in [0.25, 0.3) is 0 Å². The Kier molecular flexibility index (Phi) is 4.61. The predicted molar refractivity (Wildman–Crippen MR) is 54.5 cm³/mol. The van der Waals surface area contributed by atoms with Crippen LogP contribution in [0.5, 0.6) is 5.75 Å². The van der Waals surface area contributed by atoms with Gasteiger partial charge in [-0.15, -0.1) is 0 Å². The maximum Gasteiger partial charge on any atom is 0.191 e. The zero-order chi connectivity index (χ0) is 11.1. The smallest absolute Gasteiger partial charge is 0.191 e. The van der Waals surface area contributed by atoms with Gasteiger partial charge in [0, 0.05) is 14.2 Å². The highest BCUT2D eigenvalue weighted by molar-refractivity contribution is 5.34. The maximum atomic E-state index is 8.59. The highest BCUT2D eigenvalue weighted by Gasteiger charge is 2.05. The van der Waals surface area contributed by atoms with Crippen molar-refractivity contribution in [2.45, 2.75) is 6.29 Å². The third-order valence-electron chi connectivity index (χ3n) is 1.90. The summed E-state index contributed by atoms with van der Waals surface area (Å²) in [6.07, 6.45) is -0.374. The summed E-state index contributed by atoms with van der Waals surface area (Å²) < 4.78 is 15.3. The van der Waals surface area contributed by atoms with Gasteiger partial charge < -0.3 is 14.2 Å². The molecule has 0 aromatic heterocycles. The van der Waals surface area contributed by atoms with Crippen LogP contribution in [-0.2, 0) is 9.47 Å². The van der Waals surface area contributed by atoms with Crippen LogP contribution in [0.2, 0.25) is 0 Å². The van der Waals surface area contributed by atoms with Crippen molar-refractivity contribution in [1.82, 2.24) is 0 Å². The summed E-state index contributed by atoms with van der Waals surface area (Å²) in [5.74, 6) is 0.688. The average Bonchev–Trinajstić information content (AvgIpc) is 2.31. The van der Waals surface area contributed by atoms with Gasteiger partial charge in [-0.25, -0.2) is 0 Å². The lowest BCUT2D eigenvalue weighted by Crippen LogP contribution is -2.21. The summed E-state index contributed by atoms with van der Waals surface area (Å²) >= 11 is 0. The van der Waals surface area contributed by atoms with Crippen molar-refractivity contribution in [3.63, 3.8) is 0 Å². The number of hydrogen-bond acceptors (Lipinski definition) is 4. The standard InChI is InChI=1S/C11H13NO3/c1-13-11(14-2)8-15-10-5-3-9(7-12)4-6-10/h3-6,11H,8H2,1-2H3. The van der Waals surface area contributed by atoms with E-state index in [9.17, 15) is 0 Å². The van der Waals surface area contributed by atoms with Crippen molar-refractivity contribution in [2.75, 3.05) is 20.8 Å². The first-order chi connectivity index (χ1) is 7.30. The summed E-state index contributed by atoms with van der Waals surface area (Å²) in [5, 5.41) is 8.59. The number of benzene rings is 1. The van der Waals surface area contributed by atoms with E-state index < -0.39 is 0 Å². The second-order valence-corrected chi connectivity index (χ2v) is 2.85. The second kappa shape index (κ2) is 6.02. The molecule has 1 aromatic rings. The molecule has 0 heterocycles. The van der Waals surface area contributed by atoms with E-state index in [0.29, 0.717) is 17.9 Å². The van der Waals surface area contributed by atoms with Crippen molar-refractivity contribution in [3.05, 3.63) is 29.8 Å². The fourth-order valence-electron chi connectivity index (χ4n) is 1.02. The predicted octanol–water partition coefficient (Wildman–Crippen LogP) is 1.56. The first kappa shape index (κ1) is 11.5. The third-order valence-corrected chi connectivity index (χ3v) is 1.90. The molecule has 0 saturated heterocycles. The number of methoxy groups -OCH3 is 2. The Balaban J connectivity index is 2.48. The minimum Gasteiger partial charge on any atom is -0.488 e. The monoisotopic (exact) mass is 207 g/mol. The lowest BCUT2D eigenvalue weighted by atomic mass is 10.2. The molecule has 4 heteroatoms. The Morgan fingerprint density at radius 1 is 1.20 bits per heavy atom. The Morgan fingerprint density at radius 3 is 2.27 bits per heavy atom. The van der Waals surface area contributed by atoms with Crippen molar-refractivity contribution < 1.29 is 14.2 Å². The van der Waals surface area contributed by atoms with Crippen LogP contribution >= 0.6 is 0 Å². The van der Waals surface area contributed by atoms with Crippen LogP contribution in [0.3, 0.4) is 0 Å². The molecule has 80 valence electrons. The molecule has 4 nitrogen and oxygen atoms in total. The minimum absolute atomic E-state index is 0.318. The summed E-state index contributed by atoms with van der Waals surface area (Å²) in [7, 11) is 3.10. The minimum atomic E-state index is -0.374. The van der Waals surface area contributed by atoms with Gasteiger partial charge in [-0.2, -0.15) is 5.26 Å². The first-order valence-electron chi connectivity index (χ1n) is 4.48. The second-order valence-electron chi connectivity index (χ2n) is 2.85. The Hall–Kier alpha value is -1.57. The molecular weight excluding hydrogens is 194 g/mol. The summed E-state index contributed by atoms with van der Waals surface area (Å²) in [6, 6.07) is 8.91. The van der Waals surface area contributed by atoms with Gasteiger partial charge in [0.05, 0.1) is 11.6 Å². The fourth-order valence-corrected chi connectivity index (χ4v) is 1.02. The van der Waals surface area contributed by atoms with Gasteiger partial charge in [0.2, 0.25) is 0 Å². The van der Waals surface area contributed by atoms with Gasteiger partial charge >= 0.3 is 0 Å².